The lowest BCUT2D eigenvalue weighted by Crippen LogP contribution is -2.37. The molecule has 0 aromatic carbocycles. The summed E-state index contributed by atoms with van der Waals surface area (Å²) in [6.07, 6.45) is 5.56. The zero-order valence-electron chi connectivity index (χ0n) is 9.75. The molecule has 0 aromatic heterocycles. The van der Waals surface area contributed by atoms with Crippen molar-refractivity contribution in [2.75, 3.05) is 6.54 Å². The van der Waals surface area contributed by atoms with Crippen LogP contribution in [0.3, 0.4) is 0 Å². The Morgan fingerprint density at radius 2 is 2.19 bits per heavy atom. The summed E-state index contributed by atoms with van der Waals surface area (Å²) in [7, 11) is 0. The van der Waals surface area contributed by atoms with E-state index >= 15 is 0 Å². The highest BCUT2D eigenvalue weighted by atomic mass is 79.9. The topological polar surface area (TPSA) is 38.3 Å². The number of hydrogen-bond donors (Lipinski definition) is 1. The fourth-order valence-corrected chi connectivity index (χ4v) is 3.35. The molecule has 0 radical (unpaired) electrons. The van der Waals surface area contributed by atoms with Crippen molar-refractivity contribution >= 4 is 21.8 Å². The summed E-state index contributed by atoms with van der Waals surface area (Å²) in [6.45, 7) is 2.84. The molecule has 1 saturated heterocycles. The second-order valence-electron chi connectivity index (χ2n) is 5.03. The second-order valence-corrected chi connectivity index (χ2v) is 6.33. The molecule has 4 unspecified atom stereocenters. The number of hydrogen-bond acceptors (Lipinski definition) is 2. The maximum atomic E-state index is 11.8. The maximum absolute atomic E-state index is 11.8. The van der Waals surface area contributed by atoms with Crippen LogP contribution in [0.4, 0.5) is 0 Å². The van der Waals surface area contributed by atoms with Gasteiger partial charge in [-0.25, -0.2) is 0 Å². The molecule has 1 N–H and O–H groups in total. The van der Waals surface area contributed by atoms with Crippen molar-refractivity contribution in [3.63, 3.8) is 0 Å². The van der Waals surface area contributed by atoms with Crippen LogP contribution < -0.4 is 5.32 Å². The van der Waals surface area contributed by atoms with Gasteiger partial charge in [-0.05, 0) is 44.9 Å². The molecule has 1 saturated carbocycles. The minimum Gasteiger partial charge on any atom is -0.365 e. The van der Waals surface area contributed by atoms with E-state index in [9.17, 15) is 4.79 Å². The van der Waals surface area contributed by atoms with Crippen LogP contribution in [-0.4, -0.2) is 29.5 Å². The third-order valence-electron chi connectivity index (χ3n) is 3.57. The average Bonchev–Trinajstić information content (AvgIpc) is 2.84. The van der Waals surface area contributed by atoms with E-state index in [4.69, 9.17) is 4.74 Å². The van der Waals surface area contributed by atoms with Gasteiger partial charge in [-0.1, -0.05) is 15.9 Å². The molecule has 2 aliphatic rings. The molecule has 16 heavy (non-hydrogen) atoms. The van der Waals surface area contributed by atoms with E-state index in [2.05, 4.69) is 21.2 Å². The van der Waals surface area contributed by atoms with E-state index < -0.39 is 0 Å². The molecule has 1 aliphatic carbocycles. The number of amides is 1. The van der Waals surface area contributed by atoms with Crippen molar-refractivity contribution in [2.24, 2.45) is 5.92 Å². The van der Waals surface area contributed by atoms with Crippen LogP contribution in [0.5, 0.6) is 0 Å². The van der Waals surface area contributed by atoms with Gasteiger partial charge in [-0.2, -0.15) is 0 Å². The largest absolute Gasteiger partial charge is 0.365 e. The van der Waals surface area contributed by atoms with Gasteiger partial charge in [-0.3, -0.25) is 4.79 Å². The number of carbonyl (C=O) groups excluding carboxylic acids is 1. The highest BCUT2D eigenvalue weighted by molar-refractivity contribution is 9.09. The van der Waals surface area contributed by atoms with Crippen molar-refractivity contribution in [3.05, 3.63) is 0 Å². The van der Waals surface area contributed by atoms with Gasteiger partial charge in [-0.15, -0.1) is 0 Å². The predicted octanol–water partition coefficient (Wildman–Crippen LogP) is 2.23. The molecular weight excluding hydrogens is 270 g/mol. The highest BCUT2D eigenvalue weighted by Crippen LogP contribution is 2.30. The van der Waals surface area contributed by atoms with Gasteiger partial charge >= 0.3 is 0 Å². The molecular formula is C12H20BrNO2. The van der Waals surface area contributed by atoms with Crippen molar-refractivity contribution < 1.29 is 9.53 Å². The monoisotopic (exact) mass is 289 g/mol. The Labute approximate surface area is 105 Å². The first-order valence-corrected chi connectivity index (χ1v) is 7.14. The fourth-order valence-electron chi connectivity index (χ4n) is 2.55. The fraction of sp³-hybridized carbons (Fsp3) is 0.917. The molecule has 1 heterocycles. The highest BCUT2D eigenvalue weighted by Gasteiger charge is 2.29. The summed E-state index contributed by atoms with van der Waals surface area (Å²) in [5, 5.41) is 3.02. The number of rotatable bonds is 3. The first-order valence-electron chi connectivity index (χ1n) is 6.22. The predicted molar refractivity (Wildman–Crippen MR) is 66.6 cm³/mol. The Bertz CT molecular complexity index is 259. The van der Waals surface area contributed by atoms with Crippen LogP contribution in [0.15, 0.2) is 0 Å². The molecule has 2 rings (SSSR count). The number of nitrogens with one attached hydrogen (secondary N) is 1. The normalized spacial score (nSPS) is 38.9. The quantitative estimate of drug-likeness (QED) is 0.810. The molecule has 1 aliphatic heterocycles. The average molecular weight is 290 g/mol. The third kappa shape index (κ3) is 3.20. The van der Waals surface area contributed by atoms with Crippen LogP contribution in [0, 0.1) is 5.92 Å². The minimum absolute atomic E-state index is 0.0855. The van der Waals surface area contributed by atoms with Gasteiger partial charge in [0.1, 0.15) is 6.10 Å². The Morgan fingerprint density at radius 3 is 2.75 bits per heavy atom. The zero-order valence-corrected chi connectivity index (χ0v) is 11.3. The van der Waals surface area contributed by atoms with Gasteiger partial charge in [0, 0.05) is 11.4 Å². The standard InChI is InChI=1S/C12H20BrNO2/c1-8-2-5-11(16-8)12(15)14-7-9-3-4-10(13)6-9/h8-11H,2-7H2,1H3,(H,14,15). The van der Waals surface area contributed by atoms with Gasteiger partial charge < -0.3 is 10.1 Å². The second kappa shape index (κ2) is 5.50. The summed E-state index contributed by atoms with van der Waals surface area (Å²) in [5.74, 6) is 0.731. The van der Waals surface area contributed by atoms with Crippen molar-refractivity contribution in [1.29, 1.82) is 0 Å². The van der Waals surface area contributed by atoms with E-state index in [0.717, 1.165) is 19.4 Å². The molecule has 3 nitrogen and oxygen atoms in total. The van der Waals surface area contributed by atoms with E-state index in [1.165, 1.54) is 19.3 Å². The summed E-state index contributed by atoms with van der Waals surface area (Å²) in [4.78, 5) is 12.4. The van der Waals surface area contributed by atoms with Gasteiger partial charge in [0.15, 0.2) is 0 Å². The smallest absolute Gasteiger partial charge is 0.249 e. The molecule has 2 fully saturated rings. The maximum Gasteiger partial charge on any atom is 0.249 e. The van der Waals surface area contributed by atoms with Crippen LogP contribution in [0.25, 0.3) is 0 Å². The van der Waals surface area contributed by atoms with Crippen LogP contribution in [0.2, 0.25) is 0 Å². The molecule has 92 valence electrons. The van der Waals surface area contributed by atoms with Crippen molar-refractivity contribution in [1.82, 2.24) is 5.32 Å². The molecule has 4 atom stereocenters. The Balaban J connectivity index is 1.68. The third-order valence-corrected chi connectivity index (χ3v) is 4.40. The van der Waals surface area contributed by atoms with Gasteiger partial charge in [0.05, 0.1) is 6.10 Å². The van der Waals surface area contributed by atoms with Gasteiger partial charge in [0.2, 0.25) is 5.91 Å². The van der Waals surface area contributed by atoms with E-state index in [0.29, 0.717) is 10.7 Å². The summed E-state index contributed by atoms with van der Waals surface area (Å²) < 4.78 is 5.54. The first-order chi connectivity index (χ1) is 7.65. The lowest BCUT2D eigenvalue weighted by atomic mass is 10.1. The molecule has 0 spiro atoms. The van der Waals surface area contributed by atoms with Crippen LogP contribution in [-0.2, 0) is 9.53 Å². The first kappa shape index (κ1) is 12.4. The zero-order chi connectivity index (χ0) is 11.5. The number of carbonyl (C=O) groups is 1. The van der Waals surface area contributed by atoms with Crippen molar-refractivity contribution in [2.45, 2.75) is 56.1 Å². The Morgan fingerprint density at radius 1 is 1.38 bits per heavy atom. The Hall–Kier alpha value is -0.0900. The summed E-state index contributed by atoms with van der Waals surface area (Å²) in [6, 6.07) is 0. The van der Waals surface area contributed by atoms with E-state index in [1.54, 1.807) is 0 Å². The van der Waals surface area contributed by atoms with Gasteiger partial charge in [0.25, 0.3) is 0 Å². The Kier molecular flexibility index (Phi) is 4.25. The van der Waals surface area contributed by atoms with Crippen molar-refractivity contribution in [3.8, 4) is 0 Å². The summed E-state index contributed by atoms with van der Waals surface area (Å²) >= 11 is 3.62. The SMILES string of the molecule is CC1CCC(C(=O)NCC2CCC(Br)C2)O1. The van der Waals surface area contributed by atoms with E-state index in [1.807, 2.05) is 6.92 Å². The lowest BCUT2D eigenvalue weighted by Gasteiger charge is -2.14. The van der Waals surface area contributed by atoms with Crippen LogP contribution in [0.1, 0.15) is 39.0 Å². The number of ether oxygens (including phenoxy) is 1. The molecule has 0 bridgehead atoms. The van der Waals surface area contributed by atoms with E-state index in [-0.39, 0.29) is 18.1 Å². The molecule has 0 aromatic rings. The summed E-state index contributed by atoms with van der Waals surface area (Å²) in [5.41, 5.74) is 0. The minimum atomic E-state index is -0.198. The van der Waals surface area contributed by atoms with Crippen LogP contribution >= 0.6 is 15.9 Å². The molecule has 4 heteroatoms. The number of alkyl halides is 1. The lowest BCUT2D eigenvalue weighted by molar-refractivity contribution is -0.131. The number of halogens is 1. The molecule has 1 amide bonds.